The summed E-state index contributed by atoms with van der Waals surface area (Å²) in [6.45, 7) is 6.32. The zero-order chi connectivity index (χ0) is 17.4. The van der Waals surface area contributed by atoms with Crippen LogP contribution in [0.5, 0.6) is 0 Å². The highest BCUT2D eigenvalue weighted by molar-refractivity contribution is 5.59. The third-order valence-electron chi connectivity index (χ3n) is 4.84. The molecule has 0 bridgehead atoms. The summed E-state index contributed by atoms with van der Waals surface area (Å²) in [5.74, 6) is 1.27. The fraction of sp³-hybridized carbons (Fsp3) is 0.300. The van der Waals surface area contributed by atoms with E-state index in [0.29, 0.717) is 11.7 Å². The monoisotopic (exact) mass is 334 g/mol. The molecule has 2 unspecified atom stereocenters. The van der Waals surface area contributed by atoms with Crippen molar-refractivity contribution in [3.05, 3.63) is 70.6 Å². The van der Waals surface area contributed by atoms with E-state index in [0.717, 1.165) is 17.5 Å². The molecule has 5 nitrogen and oxygen atoms in total. The summed E-state index contributed by atoms with van der Waals surface area (Å²) in [7, 11) is 0. The van der Waals surface area contributed by atoms with Crippen LogP contribution >= 0.6 is 0 Å². The fourth-order valence-electron chi connectivity index (χ4n) is 3.37. The third-order valence-corrected chi connectivity index (χ3v) is 4.84. The lowest BCUT2D eigenvalue weighted by Gasteiger charge is -2.13. The van der Waals surface area contributed by atoms with Gasteiger partial charge in [-0.3, -0.25) is 0 Å². The van der Waals surface area contributed by atoms with Gasteiger partial charge in [0.2, 0.25) is 11.7 Å². The van der Waals surface area contributed by atoms with E-state index in [1.54, 1.807) is 0 Å². The van der Waals surface area contributed by atoms with Gasteiger partial charge >= 0.3 is 0 Å². The van der Waals surface area contributed by atoms with Gasteiger partial charge in [-0.15, -0.1) is 0 Å². The molecule has 1 fully saturated rings. The van der Waals surface area contributed by atoms with E-state index in [1.165, 1.54) is 16.7 Å². The van der Waals surface area contributed by atoms with Gasteiger partial charge in [0.25, 0.3) is 0 Å². The molecule has 128 valence electrons. The van der Waals surface area contributed by atoms with Crippen molar-refractivity contribution in [2.45, 2.75) is 39.3 Å². The van der Waals surface area contributed by atoms with E-state index in [4.69, 9.17) is 4.52 Å². The Balaban J connectivity index is 1.55. The quantitative estimate of drug-likeness (QED) is 0.759. The molecular formula is C20H22N4O. The molecule has 2 N–H and O–H groups in total. The predicted octanol–water partition coefficient (Wildman–Crippen LogP) is 3.94. The Hall–Kier alpha value is -2.50. The zero-order valence-corrected chi connectivity index (χ0v) is 14.7. The second kappa shape index (κ2) is 6.43. The van der Waals surface area contributed by atoms with Crippen LogP contribution in [0.1, 0.15) is 46.6 Å². The number of benzene rings is 2. The molecule has 4 rings (SSSR count). The van der Waals surface area contributed by atoms with Gasteiger partial charge in [0.1, 0.15) is 6.04 Å². The lowest BCUT2D eigenvalue weighted by atomic mass is 9.96. The fourth-order valence-corrected chi connectivity index (χ4v) is 3.37. The average Bonchev–Trinajstić information content (AvgIpc) is 3.26. The lowest BCUT2D eigenvalue weighted by Crippen LogP contribution is -2.27. The molecule has 2 aromatic carbocycles. The van der Waals surface area contributed by atoms with Crippen LogP contribution in [0.3, 0.4) is 0 Å². The van der Waals surface area contributed by atoms with E-state index in [-0.39, 0.29) is 12.1 Å². The van der Waals surface area contributed by atoms with Crippen LogP contribution in [0.2, 0.25) is 0 Å². The van der Waals surface area contributed by atoms with Crippen molar-refractivity contribution in [1.29, 1.82) is 0 Å². The Bertz CT molecular complexity index is 902. The van der Waals surface area contributed by atoms with Crippen LogP contribution in [-0.2, 0) is 0 Å². The van der Waals surface area contributed by atoms with E-state index >= 15 is 0 Å². The second-order valence-corrected chi connectivity index (χ2v) is 6.76. The van der Waals surface area contributed by atoms with E-state index < -0.39 is 0 Å². The average molecular weight is 334 g/mol. The van der Waals surface area contributed by atoms with Gasteiger partial charge < -0.3 is 4.52 Å². The van der Waals surface area contributed by atoms with Gasteiger partial charge in [-0.2, -0.15) is 4.98 Å². The molecule has 0 amide bonds. The minimum atomic E-state index is 0.00943. The van der Waals surface area contributed by atoms with Gasteiger partial charge in [-0.1, -0.05) is 53.2 Å². The molecule has 1 saturated heterocycles. The van der Waals surface area contributed by atoms with E-state index in [1.807, 2.05) is 18.2 Å². The Labute approximate surface area is 147 Å². The van der Waals surface area contributed by atoms with Crippen LogP contribution in [0.15, 0.2) is 47.0 Å². The first-order valence-electron chi connectivity index (χ1n) is 8.59. The number of rotatable bonds is 3. The number of hydrogen-bond acceptors (Lipinski definition) is 5. The second-order valence-electron chi connectivity index (χ2n) is 6.76. The normalized spacial score (nSPS) is 20.1. The van der Waals surface area contributed by atoms with Gasteiger partial charge in [-0.25, -0.2) is 10.9 Å². The molecule has 1 aliphatic rings. The first-order valence-corrected chi connectivity index (χ1v) is 8.59. The van der Waals surface area contributed by atoms with Gasteiger partial charge in [0, 0.05) is 11.6 Å². The number of nitrogens with one attached hydrogen (secondary N) is 2. The highest BCUT2D eigenvalue weighted by atomic mass is 16.5. The Morgan fingerprint density at radius 2 is 1.76 bits per heavy atom. The topological polar surface area (TPSA) is 63.0 Å². The Kier molecular flexibility index (Phi) is 4.11. The molecule has 0 saturated carbocycles. The van der Waals surface area contributed by atoms with Crippen molar-refractivity contribution in [2.75, 3.05) is 0 Å². The van der Waals surface area contributed by atoms with Crippen molar-refractivity contribution in [2.24, 2.45) is 0 Å². The minimum absolute atomic E-state index is 0.00943. The molecule has 5 heteroatoms. The summed E-state index contributed by atoms with van der Waals surface area (Å²) in [6.07, 6.45) is 0.875. The smallest absolute Gasteiger partial charge is 0.245 e. The maximum atomic E-state index is 5.53. The predicted molar refractivity (Wildman–Crippen MR) is 96.8 cm³/mol. The Morgan fingerprint density at radius 1 is 0.960 bits per heavy atom. The molecule has 3 aromatic rings. The lowest BCUT2D eigenvalue weighted by molar-refractivity contribution is 0.340. The van der Waals surface area contributed by atoms with Gasteiger partial charge in [-0.05, 0) is 43.9 Å². The van der Waals surface area contributed by atoms with Crippen LogP contribution in [0, 0.1) is 20.8 Å². The number of hydrazine groups is 1. The summed E-state index contributed by atoms with van der Waals surface area (Å²) < 4.78 is 5.53. The summed E-state index contributed by atoms with van der Waals surface area (Å²) in [6, 6.07) is 14.9. The number of aryl methyl sites for hydroxylation is 3. The standard InChI is InChI=1S/C20H22N4O/c1-12-8-9-14(3)16(10-12)17-11-18(23-22-17)20-21-19(24-25-20)15-7-5-4-6-13(15)2/h4-10,17-18,22-23H,11H2,1-3H3. The number of aromatic nitrogens is 2. The zero-order valence-electron chi connectivity index (χ0n) is 14.7. The number of nitrogens with zero attached hydrogens (tertiary/aromatic N) is 2. The molecule has 0 spiro atoms. The van der Waals surface area contributed by atoms with E-state index in [2.05, 4.69) is 66.0 Å². The highest BCUT2D eigenvalue weighted by Gasteiger charge is 2.31. The summed E-state index contributed by atoms with van der Waals surface area (Å²) in [4.78, 5) is 4.61. The molecule has 1 aliphatic heterocycles. The first kappa shape index (κ1) is 16.0. The number of hydrogen-bond donors (Lipinski definition) is 2. The van der Waals surface area contributed by atoms with Gasteiger partial charge in [0.15, 0.2) is 0 Å². The molecule has 1 aromatic heterocycles. The van der Waals surface area contributed by atoms with E-state index in [9.17, 15) is 0 Å². The van der Waals surface area contributed by atoms with Crippen LogP contribution in [0.25, 0.3) is 11.4 Å². The SMILES string of the molecule is Cc1ccc(C)c(C2CC(c3nc(-c4ccccc4C)no3)NN2)c1. The Morgan fingerprint density at radius 3 is 2.60 bits per heavy atom. The summed E-state index contributed by atoms with van der Waals surface area (Å²) in [5.41, 5.74) is 12.7. The molecular weight excluding hydrogens is 312 g/mol. The maximum Gasteiger partial charge on any atom is 0.245 e. The van der Waals surface area contributed by atoms with Gasteiger partial charge in [0.05, 0.1) is 0 Å². The van der Waals surface area contributed by atoms with Crippen molar-refractivity contribution < 1.29 is 4.52 Å². The van der Waals surface area contributed by atoms with Crippen molar-refractivity contribution in [1.82, 2.24) is 21.0 Å². The first-order chi connectivity index (χ1) is 12.1. The molecule has 2 atom stereocenters. The minimum Gasteiger partial charge on any atom is -0.337 e. The van der Waals surface area contributed by atoms with Crippen LogP contribution in [0.4, 0.5) is 0 Å². The third kappa shape index (κ3) is 3.08. The van der Waals surface area contributed by atoms with Crippen LogP contribution in [-0.4, -0.2) is 10.1 Å². The largest absolute Gasteiger partial charge is 0.337 e. The summed E-state index contributed by atoms with van der Waals surface area (Å²) >= 11 is 0. The van der Waals surface area contributed by atoms with Crippen LogP contribution < -0.4 is 10.9 Å². The van der Waals surface area contributed by atoms with Crippen molar-refractivity contribution in [3.63, 3.8) is 0 Å². The van der Waals surface area contributed by atoms with Crippen molar-refractivity contribution >= 4 is 0 Å². The molecule has 0 aliphatic carbocycles. The summed E-state index contributed by atoms with van der Waals surface area (Å²) in [5, 5.41) is 4.17. The molecule has 25 heavy (non-hydrogen) atoms. The molecule has 2 heterocycles. The highest BCUT2D eigenvalue weighted by Crippen LogP contribution is 2.33. The van der Waals surface area contributed by atoms with Crippen molar-refractivity contribution in [3.8, 4) is 11.4 Å². The molecule has 0 radical (unpaired) electrons. The maximum absolute atomic E-state index is 5.53.